The molecule has 1 aliphatic heterocycles. The molecule has 3 nitrogen and oxygen atoms in total. The number of hydrogen-bond acceptors (Lipinski definition) is 3. The summed E-state index contributed by atoms with van der Waals surface area (Å²) in [5.41, 5.74) is 1.14. The maximum atomic E-state index is 12.1. The molecule has 2 heterocycles. The zero-order valence-electron chi connectivity index (χ0n) is 10.7. The Morgan fingerprint density at radius 3 is 2.89 bits per heavy atom. The van der Waals surface area contributed by atoms with Gasteiger partial charge < -0.3 is 9.15 Å². The predicted octanol–water partition coefficient (Wildman–Crippen LogP) is 3.29. The van der Waals surface area contributed by atoms with Gasteiger partial charge in [-0.1, -0.05) is 18.6 Å². The van der Waals surface area contributed by atoms with Crippen molar-refractivity contribution in [1.29, 1.82) is 0 Å². The second-order valence-electron chi connectivity index (χ2n) is 5.60. The molecule has 0 bridgehead atoms. The normalized spacial score (nSPS) is 25.5. The largest absolute Gasteiger partial charge is 0.489 e. The van der Waals surface area contributed by atoms with Crippen LogP contribution in [0.25, 0.3) is 11.0 Å². The fraction of sp³-hybridized carbons (Fsp3) is 0.438. The number of rotatable bonds is 0. The Bertz CT molecular complexity index is 686. The van der Waals surface area contributed by atoms with Gasteiger partial charge in [-0.3, -0.25) is 0 Å². The fourth-order valence-electron chi connectivity index (χ4n) is 3.45. The molecule has 2 aromatic rings. The molecular formula is C16H16O3. The SMILES string of the molecule is O=c1oc2ccccc2c2c1C[C@@H]1CCCC[C@@H]1O2. The Labute approximate surface area is 111 Å². The molecule has 98 valence electrons. The molecule has 1 aromatic heterocycles. The van der Waals surface area contributed by atoms with Crippen molar-refractivity contribution in [3.63, 3.8) is 0 Å². The Balaban J connectivity index is 1.92. The first-order valence-corrected chi connectivity index (χ1v) is 7.04. The summed E-state index contributed by atoms with van der Waals surface area (Å²) in [6.07, 6.45) is 5.85. The van der Waals surface area contributed by atoms with Crippen LogP contribution in [0.1, 0.15) is 31.2 Å². The second kappa shape index (κ2) is 4.12. The quantitative estimate of drug-likeness (QED) is 0.679. The van der Waals surface area contributed by atoms with Crippen molar-refractivity contribution >= 4 is 11.0 Å². The second-order valence-corrected chi connectivity index (χ2v) is 5.60. The van der Waals surface area contributed by atoms with Gasteiger partial charge in [-0.15, -0.1) is 0 Å². The van der Waals surface area contributed by atoms with Gasteiger partial charge in [0.25, 0.3) is 0 Å². The average molecular weight is 256 g/mol. The third-order valence-electron chi connectivity index (χ3n) is 4.43. The monoisotopic (exact) mass is 256 g/mol. The van der Waals surface area contributed by atoms with Crippen molar-refractivity contribution in [2.24, 2.45) is 5.92 Å². The van der Waals surface area contributed by atoms with Gasteiger partial charge in [-0.05, 0) is 37.8 Å². The van der Waals surface area contributed by atoms with Crippen LogP contribution in [0.15, 0.2) is 33.5 Å². The Morgan fingerprint density at radius 2 is 1.95 bits per heavy atom. The van der Waals surface area contributed by atoms with Crippen LogP contribution in [0.2, 0.25) is 0 Å². The van der Waals surface area contributed by atoms with Gasteiger partial charge in [0.15, 0.2) is 0 Å². The topological polar surface area (TPSA) is 39.4 Å². The van der Waals surface area contributed by atoms with Crippen LogP contribution in [0.4, 0.5) is 0 Å². The van der Waals surface area contributed by atoms with E-state index < -0.39 is 0 Å². The van der Waals surface area contributed by atoms with E-state index in [9.17, 15) is 4.79 Å². The minimum atomic E-state index is -0.224. The number of para-hydroxylation sites is 1. The van der Waals surface area contributed by atoms with Crippen molar-refractivity contribution in [2.45, 2.75) is 38.2 Å². The van der Waals surface area contributed by atoms with Crippen LogP contribution < -0.4 is 10.4 Å². The van der Waals surface area contributed by atoms with E-state index >= 15 is 0 Å². The van der Waals surface area contributed by atoms with Gasteiger partial charge in [0, 0.05) is 5.92 Å². The lowest BCUT2D eigenvalue weighted by Gasteiger charge is -2.36. The summed E-state index contributed by atoms with van der Waals surface area (Å²) in [7, 11) is 0. The summed E-state index contributed by atoms with van der Waals surface area (Å²) in [6, 6.07) is 7.64. The molecule has 1 aliphatic carbocycles. The molecule has 3 heteroatoms. The Kier molecular flexibility index (Phi) is 2.40. The highest BCUT2D eigenvalue weighted by Crippen LogP contribution is 2.40. The molecule has 2 aliphatic rings. The minimum Gasteiger partial charge on any atom is -0.489 e. The van der Waals surface area contributed by atoms with Gasteiger partial charge in [-0.2, -0.15) is 0 Å². The lowest BCUT2D eigenvalue weighted by Crippen LogP contribution is -2.37. The molecule has 0 unspecified atom stereocenters. The van der Waals surface area contributed by atoms with Gasteiger partial charge in [0.1, 0.15) is 17.4 Å². The molecule has 2 atom stereocenters. The highest BCUT2D eigenvalue weighted by molar-refractivity contribution is 5.84. The summed E-state index contributed by atoms with van der Waals surface area (Å²) < 4.78 is 11.6. The van der Waals surface area contributed by atoms with E-state index in [0.717, 1.165) is 36.0 Å². The number of fused-ring (bicyclic) bond motifs is 4. The summed E-state index contributed by atoms with van der Waals surface area (Å²) in [4.78, 5) is 12.1. The van der Waals surface area contributed by atoms with Crippen molar-refractivity contribution in [2.75, 3.05) is 0 Å². The van der Waals surface area contributed by atoms with Gasteiger partial charge in [-0.25, -0.2) is 4.79 Å². The van der Waals surface area contributed by atoms with E-state index in [1.165, 1.54) is 12.8 Å². The highest BCUT2D eigenvalue weighted by Gasteiger charge is 2.34. The number of benzene rings is 1. The Hall–Kier alpha value is -1.77. The van der Waals surface area contributed by atoms with Gasteiger partial charge in [0.05, 0.1) is 10.9 Å². The minimum absolute atomic E-state index is 0.224. The summed E-state index contributed by atoms with van der Waals surface area (Å²) in [6.45, 7) is 0. The number of hydrogen-bond donors (Lipinski definition) is 0. The highest BCUT2D eigenvalue weighted by atomic mass is 16.5. The summed E-state index contributed by atoms with van der Waals surface area (Å²) in [5.74, 6) is 1.26. The third kappa shape index (κ3) is 1.68. The van der Waals surface area contributed by atoms with E-state index in [-0.39, 0.29) is 11.7 Å². The van der Waals surface area contributed by atoms with Gasteiger partial charge in [0.2, 0.25) is 0 Å². The van der Waals surface area contributed by atoms with Crippen molar-refractivity contribution in [3.8, 4) is 5.75 Å². The van der Waals surface area contributed by atoms with E-state index in [1.807, 2.05) is 24.3 Å². The van der Waals surface area contributed by atoms with Crippen LogP contribution in [0.3, 0.4) is 0 Å². The number of ether oxygens (including phenoxy) is 1. The lowest BCUT2D eigenvalue weighted by molar-refractivity contribution is 0.0752. The standard InChI is InChI=1S/C16H16O3/c17-16-12-9-10-5-1-3-7-13(10)18-15(12)11-6-2-4-8-14(11)19-16/h2,4,6,8,10,13H,1,3,5,7,9H2/t10-,13-/m0/s1. The molecule has 0 spiro atoms. The van der Waals surface area contributed by atoms with Crippen LogP contribution in [-0.4, -0.2) is 6.10 Å². The smallest absolute Gasteiger partial charge is 0.343 e. The summed E-state index contributed by atoms with van der Waals surface area (Å²) >= 11 is 0. The first-order valence-electron chi connectivity index (χ1n) is 7.04. The van der Waals surface area contributed by atoms with Crippen molar-refractivity contribution in [3.05, 3.63) is 40.2 Å². The molecule has 1 saturated carbocycles. The van der Waals surface area contributed by atoms with Crippen molar-refractivity contribution < 1.29 is 9.15 Å². The lowest BCUT2D eigenvalue weighted by atomic mass is 9.80. The van der Waals surface area contributed by atoms with E-state index in [1.54, 1.807) is 0 Å². The maximum Gasteiger partial charge on any atom is 0.343 e. The first-order chi connectivity index (χ1) is 9.33. The van der Waals surface area contributed by atoms with E-state index in [2.05, 4.69) is 0 Å². The van der Waals surface area contributed by atoms with Crippen LogP contribution in [0, 0.1) is 5.92 Å². The maximum absolute atomic E-state index is 12.1. The van der Waals surface area contributed by atoms with Crippen molar-refractivity contribution in [1.82, 2.24) is 0 Å². The van der Waals surface area contributed by atoms with Gasteiger partial charge >= 0.3 is 5.63 Å². The molecule has 0 N–H and O–H groups in total. The molecular weight excluding hydrogens is 240 g/mol. The van der Waals surface area contributed by atoms with Crippen LogP contribution in [-0.2, 0) is 6.42 Å². The molecule has 0 saturated heterocycles. The average Bonchev–Trinajstić information content (AvgIpc) is 2.46. The van der Waals surface area contributed by atoms with Crippen LogP contribution >= 0.6 is 0 Å². The molecule has 0 amide bonds. The first kappa shape index (κ1) is 11.1. The zero-order valence-corrected chi connectivity index (χ0v) is 10.7. The summed E-state index contributed by atoms with van der Waals surface area (Å²) in [5, 5.41) is 0.932. The molecule has 1 fully saturated rings. The zero-order chi connectivity index (χ0) is 12.8. The Morgan fingerprint density at radius 1 is 1.11 bits per heavy atom. The molecule has 1 aromatic carbocycles. The van der Waals surface area contributed by atoms with E-state index in [4.69, 9.17) is 9.15 Å². The fourth-order valence-corrected chi connectivity index (χ4v) is 3.45. The molecule has 0 radical (unpaired) electrons. The molecule has 4 rings (SSSR count). The third-order valence-corrected chi connectivity index (χ3v) is 4.43. The predicted molar refractivity (Wildman–Crippen MR) is 72.6 cm³/mol. The molecule has 19 heavy (non-hydrogen) atoms. The van der Waals surface area contributed by atoms with Crippen LogP contribution in [0.5, 0.6) is 5.75 Å². The van der Waals surface area contributed by atoms with E-state index in [0.29, 0.717) is 11.5 Å².